The maximum absolute atomic E-state index is 8.97. The van der Waals surface area contributed by atoms with Crippen LogP contribution in [0.5, 0.6) is 0 Å². The molecule has 1 heterocycles. The molecule has 1 fully saturated rings. The van der Waals surface area contributed by atoms with E-state index in [0.29, 0.717) is 6.04 Å². The van der Waals surface area contributed by atoms with Gasteiger partial charge < -0.3 is 15.7 Å². The summed E-state index contributed by atoms with van der Waals surface area (Å²) in [6, 6.07) is 6.66. The molecule has 0 aromatic heterocycles. The van der Waals surface area contributed by atoms with Crippen LogP contribution in [0.25, 0.3) is 0 Å². The van der Waals surface area contributed by atoms with Gasteiger partial charge in [-0.25, -0.2) is 0 Å². The van der Waals surface area contributed by atoms with Gasteiger partial charge in [-0.2, -0.15) is 0 Å². The largest absolute Gasteiger partial charge is 0.396 e. The van der Waals surface area contributed by atoms with Gasteiger partial charge in [0.05, 0.1) is 0 Å². The van der Waals surface area contributed by atoms with E-state index in [1.165, 1.54) is 18.5 Å². The second-order valence-electron chi connectivity index (χ2n) is 5.35. The molecule has 0 bridgehead atoms. The lowest BCUT2D eigenvalue weighted by atomic mass is 10.1. The van der Waals surface area contributed by atoms with Crippen LogP contribution in [0.3, 0.4) is 0 Å². The minimum atomic E-state index is -0.0367. The number of hydrogen-bond donors (Lipinski definition) is 2. The normalized spacial score (nSPS) is 20.8. The molecular weight excluding hydrogens is 260 g/mol. The zero-order chi connectivity index (χ0) is 13.8. The van der Waals surface area contributed by atoms with Crippen LogP contribution < -0.4 is 10.6 Å². The van der Waals surface area contributed by atoms with Gasteiger partial charge in [0, 0.05) is 35.9 Å². The highest BCUT2D eigenvalue weighted by molar-refractivity contribution is 6.31. The molecule has 0 saturated carbocycles. The Labute approximate surface area is 120 Å². The van der Waals surface area contributed by atoms with E-state index in [2.05, 4.69) is 11.0 Å². The number of nitrogens with zero attached hydrogens (tertiary/aromatic N) is 1. The van der Waals surface area contributed by atoms with Crippen LogP contribution in [0, 0.1) is 0 Å². The van der Waals surface area contributed by atoms with Crippen molar-refractivity contribution in [2.24, 2.45) is 5.73 Å². The fourth-order valence-corrected chi connectivity index (χ4v) is 3.21. The summed E-state index contributed by atoms with van der Waals surface area (Å²) in [5.41, 5.74) is 8.06. The Kier molecular flexibility index (Phi) is 5.08. The summed E-state index contributed by atoms with van der Waals surface area (Å²) < 4.78 is 0. The fourth-order valence-electron chi connectivity index (χ4n) is 2.87. The Bertz CT molecular complexity index is 423. The van der Waals surface area contributed by atoms with Gasteiger partial charge in [0.15, 0.2) is 0 Å². The van der Waals surface area contributed by atoms with Crippen molar-refractivity contribution in [3.63, 3.8) is 0 Å². The van der Waals surface area contributed by atoms with Crippen LogP contribution in [0.2, 0.25) is 5.02 Å². The third-order valence-corrected chi connectivity index (χ3v) is 4.21. The number of aliphatic hydroxyl groups excluding tert-OH is 1. The van der Waals surface area contributed by atoms with Gasteiger partial charge in [0.2, 0.25) is 0 Å². The molecule has 0 amide bonds. The highest BCUT2D eigenvalue weighted by Crippen LogP contribution is 2.32. The van der Waals surface area contributed by atoms with Gasteiger partial charge in [0.1, 0.15) is 0 Å². The molecule has 1 saturated heterocycles. The molecule has 106 valence electrons. The molecule has 4 heteroatoms. The van der Waals surface area contributed by atoms with Gasteiger partial charge >= 0.3 is 0 Å². The first-order valence-electron chi connectivity index (χ1n) is 7.06. The molecule has 1 aromatic carbocycles. The average molecular weight is 283 g/mol. The highest BCUT2D eigenvalue weighted by Gasteiger charge is 2.24. The predicted octanol–water partition coefficient (Wildman–Crippen LogP) is 3.10. The SMILES string of the molecule is CC(N)c1ccc(N2CCCC2CCCO)cc1Cl. The molecule has 0 aliphatic carbocycles. The molecule has 1 aliphatic heterocycles. The van der Waals surface area contributed by atoms with Gasteiger partial charge in [0.25, 0.3) is 0 Å². The Balaban J connectivity index is 2.14. The lowest BCUT2D eigenvalue weighted by molar-refractivity contribution is 0.279. The van der Waals surface area contributed by atoms with Gasteiger partial charge in [-0.15, -0.1) is 0 Å². The van der Waals surface area contributed by atoms with Crippen molar-refractivity contribution in [3.05, 3.63) is 28.8 Å². The third kappa shape index (κ3) is 3.41. The van der Waals surface area contributed by atoms with Crippen molar-refractivity contribution in [1.82, 2.24) is 0 Å². The lowest BCUT2D eigenvalue weighted by Crippen LogP contribution is -2.29. The van der Waals surface area contributed by atoms with Crippen LogP contribution in [-0.2, 0) is 0 Å². The lowest BCUT2D eigenvalue weighted by Gasteiger charge is -2.27. The topological polar surface area (TPSA) is 49.5 Å². The molecule has 3 nitrogen and oxygen atoms in total. The fraction of sp³-hybridized carbons (Fsp3) is 0.600. The van der Waals surface area contributed by atoms with E-state index in [9.17, 15) is 0 Å². The summed E-state index contributed by atoms with van der Waals surface area (Å²) >= 11 is 6.31. The molecule has 0 spiro atoms. The summed E-state index contributed by atoms with van der Waals surface area (Å²) in [5.74, 6) is 0. The minimum absolute atomic E-state index is 0.0367. The number of nitrogens with two attached hydrogens (primary N) is 1. The van der Waals surface area contributed by atoms with Crippen LogP contribution in [0.4, 0.5) is 5.69 Å². The van der Waals surface area contributed by atoms with Gasteiger partial charge in [-0.05, 0) is 50.3 Å². The van der Waals surface area contributed by atoms with Crippen molar-refractivity contribution < 1.29 is 5.11 Å². The highest BCUT2D eigenvalue weighted by atomic mass is 35.5. The Morgan fingerprint density at radius 1 is 1.53 bits per heavy atom. The third-order valence-electron chi connectivity index (χ3n) is 3.88. The molecule has 19 heavy (non-hydrogen) atoms. The quantitative estimate of drug-likeness (QED) is 0.872. The van der Waals surface area contributed by atoms with E-state index >= 15 is 0 Å². The number of benzene rings is 1. The summed E-state index contributed by atoms with van der Waals surface area (Å²) in [6.07, 6.45) is 4.32. The molecule has 3 N–H and O–H groups in total. The maximum atomic E-state index is 8.97. The molecule has 0 radical (unpaired) electrons. The summed E-state index contributed by atoms with van der Waals surface area (Å²) in [5, 5.41) is 9.72. The minimum Gasteiger partial charge on any atom is -0.396 e. The number of halogens is 1. The average Bonchev–Trinajstić information content (AvgIpc) is 2.83. The summed E-state index contributed by atoms with van der Waals surface area (Å²) in [4.78, 5) is 2.41. The van der Waals surface area contributed by atoms with Crippen LogP contribution >= 0.6 is 11.6 Å². The monoisotopic (exact) mass is 282 g/mol. The molecule has 2 atom stereocenters. The van der Waals surface area contributed by atoms with E-state index < -0.39 is 0 Å². The van der Waals surface area contributed by atoms with Crippen molar-refractivity contribution in [3.8, 4) is 0 Å². The smallest absolute Gasteiger partial charge is 0.0474 e. The molecule has 1 aromatic rings. The molecular formula is C15H23ClN2O. The van der Waals surface area contributed by atoms with E-state index in [1.54, 1.807) is 0 Å². The van der Waals surface area contributed by atoms with Crippen LogP contribution in [0.15, 0.2) is 18.2 Å². The number of rotatable bonds is 5. The number of aliphatic hydroxyl groups is 1. The standard InChI is InChI=1S/C15H23ClN2O/c1-11(17)14-7-6-13(10-15(14)16)18-8-2-4-12(18)5-3-9-19/h6-7,10-12,19H,2-5,8-9,17H2,1H3. The van der Waals surface area contributed by atoms with E-state index in [-0.39, 0.29) is 12.6 Å². The van der Waals surface area contributed by atoms with Crippen molar-refractivity contribution in [1.29, 1.82) is 0 Å². The molecule has 2 unspecified atom stereocenters. The van der Waals surface area contributed by atoms with Crippen molar-refractivity contribution >= 4 is 17.3 Å². The maximum Gasteiger partial charge on any atom is 0.0474 e. The Hall–Kier alpha value is -0.770. The second-order valence-corrected chi connectivity index (χ2v) is 5.76. The Morgan fingerprint density at radius 3 is 2.95 bits per heavy atom. The zero-order valence-electron chi connectivity index (χ0n) is 11.5. The second kappa shape index (κ2) is 6.60. The van der Waals surface area contributed by atoms with Crippen LogP contribution in [0.1, 0.15) is 44.2 Å². The van der Waals surface area contributed by atoms with E-state index in [1.807, 2.05) is 19.1 Å². The van der Waals surface area contributed by atoms with Crippen molar-refractivity contribution in [2.45, 2.75) is 44.7 Å². The number of hydrogen-bond acceptors (Lipinski definition) is 3. The van der Waals surface area contributed by atoms with Crippen LogP contribution in [-0.4, -0.2) is 24.3 Å². The van der Waals surface area contributed by atoms with Crippen molar-refractivity contribution in [2.75, 3.05) is 18.1 Å². The van der Waals surface area contributed by atoms with E-state index in [4.69, 9.17) is 22.4 Å². The first-order chi connectivity index (χ1) is 9.13. The Morgan fingerprint density at radius 2 is 2.32 bits per heavy atom. The first kappa shape index (κ1) is 14.6. The zero-order valence-corrected chi connectivity index (χ0v) is 12.2. The van der Waals surface area contributed by atoms with Gasteiger partial charge in [-0.3, -0.25) is 0 Å². The summed E-state index contributed by atoms with van der Waals surface area (Å²) in [6.45, 7) is 3.29. The molecule has 2 rings (SSSR count). The van der Waals surface area contributed by atoms with Gasteiger partial charge in [-0.1, -0.05) is 17.7 Å². The molecule has 1 aliphatic rings. The summed E-state index contributed by atoms with van der Waals surface area (Å²) in [7, 11) is 0. The predicted molar refractivity (Wildman–Crippen MR) is 80.7 cm³/mol. The van der Waals surface area contributed by atoms with E-state index in [0.717, 1.165) is 30.0 Å². The number of anilines is 1. The first-order valence-corrected chi connectivity index (χ1v) is 7.44.